The SMILES string of the molecule is Brc1ccc(-c2nc(-c3ccccc3)c3ccccc3n2)c2ccccc12.Brc1ccc(Br)c2ccccc12.CC1(C)OB(c2nc(-c3ccccc3)c3ccccc3n2)OC1(C)C. The first-order valence-electron chi connectivity index (χ1n) is 21.0. The third-order valence-corrected chi connectivity index (χ3v) is 13.8. The van der Waals surface area contributed by atoms with E-state index in [0.717, 1.165) is 79.9 Å². The van der Waals surface area contributed by atoms with E-state index >= 15 is 0 Å². The molecule has 1 aliphatic heterocycles. The van der Waals surface area contributed by atoms with Gasteiger partial charge in [0.05, 0.1) is 33.6 Å². The molecule has 0 amide bonds. The molecule has 1 fully saturated rings. The van der Waals surface area contributed by atoms with Crippen molar-refractivity contribution in [1.29, 1.82) is 0 Å². The Morgan fingerprint density at radius 2 is 0.750 bits per heavy atom. The van der Waals surface area contributed by atoms with Crippen LogP contribution in [0, 0.1) is 0 Å². The highest BCUT2D eigenvalue weighted by molar-refractivity contribution is 9.11. The molecule has 1 saturated heterocycles. The van der Waals surface area contributed by atoms with Gasteiger partial charge in [-0.25, -0.2) is 19.9 Å². The maximum Gasteiger partial charge on any atom is 0.534 e. The van der Waals surface area contributed by atoms with E-state index in [1.807, 2.05) is 137 Å². The van der Waals surface area contributed by atoms with E-state index < -0.39 is 18.3 Å². The predicted molar refractivity (Wildman–Crippen MR) is 276 cm³/mol. The standard InChI is InChI=1S/C24H15BrN2.C20H21BN2O2.C10H6Br2/c25-21-15-14-19(17-10-4-5-11-18(17)21)24-26-22-13-7-6-12-20(22)23(27-24)16-8-2-1-3-9-16;1-19(2)20(3,4)25-21(24-19)18-22-16-13-9-8-12-15(16)17(23-18)14-10-6-5-7-11-14;11-9-5-6-10(12)8-4-2-1-3-7(8)9/h1-15H;5-13H,1-4H3;1-6H. The number of hydrogen-bond acceptors (Lipinski definition) is 6. The summed E-state index contributed by atoms with van der Waals surface area (Å²) >= 11 is 10.7. The number of hydrogen-bond donors (Lipinski definition) is 0. The number of benzene rings is 8. The maximum absolute atomic E-state index is 6.14. The third kappa shape index (κ3) is 8.90. The summed E-state index contributed by atoms with van der Waals surface area (Å²) in [5.74, 6) is 0.747. The number of aromatic nitrogens is 4. The van der Waals surface area contributed by atoms with Gasteiger partial charge in [0.2, 0.25) is 0 Å². The van der Waals surface area contributed by atoms with Crippen LogP contribution in [0.5, 0.6) is 0 Å². The zero-order valence-corrected chi connectivity index (χ0v) is 40.4. The monoisotopic (exact) mass is 1030 g/mol. The van der Waals surface area contributed by atoms with Crippen molar-refractivity contribution in [1.82, 2.24) is 19.9 Å². The van der Waals surface area contributed by atoms with E-state index in [2.05, 4.69) is 121 Å². The van der Waals surface area contributed by atoms with Crippen molar-refractivity contribution in [3.05, 3.63) is 195 Å². The molecule has 0 aliphatic carbocycles. The van der Waals surface area contributed by atoms with Gasteiger partial charge in [0, 0.05) is 40.9 Å². The van der Waals surface area contributed by atoms with Crippen LogP contribution in [0.1, 0.15) is 27.7 Å². The Morgan fingerprint density at radius 1 is 0.375 bits per heavy atom. The number of nitrogens with zero attached hydrogens (tertiary/aromatic N) is 4. The number of rotatable bonds is 4. The summed E-state index contributed by atoms with van der Waals surface area (Å²) in [5.41, 5.74) is 6.62. The van der Waals surface area contributed by atoms with Gasteiger partial charge in [-0.1, -0.05) is 193 Å². The van der Waals surface area contributed by atoms with Gasteiger partial charge < -0.3 is 9.31 Å². The van der Waals surface area contributed by atoms with Gasteiger partial charge in [-0.2, -0.15) is 0 Å². The minimum absolute atomic E-state index is 0.417. The van der Waals surface area contributed by atoms with E-state index in [4.69, 9.17) is 29.2 Å². The first-order valence-corrected chi connectivity index (χ1v) is 23.4. The fourth-order valence-corrected chi connectivity index (χ4v) is 9.09. The second-order valence-electron chi connectivity index (χ2n) is 16.4. The normalized spacial score (nSPS) is 14.0. The summed E-state index contributed by atoms with van der Waals surface area (Å²) in [6.45, 7) is 8.14. The molecule has 0 saturated carbocycles. The van der Waals surface area contributed by atoms with Crippen molar-refractivity contribution in [2.24, 2.45) is 0 Å². The molecule has 11 rings (SSSR count). The van der Waals surface area contributed by atoms with Gasteiger partial charge in [-0.05, 0) is 85.6 Å². The lowest BCUT2D eigenvalue weighted by Crippen LogP contribution is -2.41. The van der Waals surface area contributed by atoms with E-state index in [0.29, 0.717) is 5.72 Å². The molecule has 6 nitrogen and oxygen atoms in total. The van der Waals surface area contributed by atoms with Crippen molar-refractivity contribution in [3.8, 4) is 33.9 Å². The summed E-state index contributed by atoms with van der Waals surface area (Å²) in [4.78, 5) is 19.4. The molecule has 0 bridgehead atoms. The molecule has 0 N–H and O–H groups in total. The zero-order chi connectivity index (χ0) is 44.4. The molecular formula is C54H42BBr3N4O2. The Morgan fingerprint density at radius 3 is 1.25 bits per heavy atom. The second-order valence-corrected chi connectivity index (χ2v) is 19.0. The fraction of sp³-hybridized carbons (Fsp3) is 0.111. The largest absolute Gasteiger partial charge is 0.534 e. The Bertz CT molecular complexity index is 3240. The van der Waals surface area contributed by atoms with Crippen molar-refractivity contribution < 1.29 is 9.31 Å². The summed E-state index contributed by atoms with van der Waals surface area (Å²) in [6.07, 6.45) is 0. The minimum Gasteiger partial charge on any atom is -0.397 e. The van der Waals surface area contributed by atoms with Crippen LogP contribution in [0.15, 0.2) is 195 Å². The first-order chi connectivity index (χ1) is 31.0. The van der Waals surface area contributed by atoms with Crippen LogP contribution >= 0.6 is 47.8 Å². The quantitative estimate of drug-likeness (QED) is 0.164. The maximum atomic E-state index is 6.14. The van der Waals surface area contributed by atoms with Gasteiger partial charge in [0.15, 0.2) is 11.5 Å². The average Bonchev–Trinajstić information content (AvgIpc) is 3.56. The summed E-state index contributed by atoms with van der Waals surface area (Å²) < 4.78 is 15.6. The van der Waals surface area contributed by atoms with E-state index in [-0.39, 0.29) is 0 Å². The van der Waals surface area contributed by atoms with Crippen LogP contribution in [0.4, 0.5) is 0 Å². The van der Waals surface area contributed by atoms with Gasteiger partial charge in [0.25, 0.3) is 0 Å². The second kappa shape index (κ2) is 18.5. The topological polar surface area (TPSA) is 70.0 Å². The van der Waals surface area contributed by atoms with Crippen LogP contribution in [0.25, 0.3) is 77.3 Å². The van der Waals surface area contributed by atoms with E-state index in [1.165, 1.54) is 10.8 Å². The molecule has 10 heteroatoms. The number of para-hydroxylation sites is 2. The van der Waals surface area contributed by atoms with Crippen molar-refractivity contribution in [2.75, 3.05) is 0 Å². The molecule has 0 atom stereocenters. The van der Waals surface area contributed by atoms with Crippen molar-refractivity contribution >= 4 is 104 Å². The predicted octanol–water partition coefficient (Wildman–Crippen LogP) is 14.8. The van der Waals surface area contributed by atoms with E-state index in [1.54, 1.807) is 0 Å². The smallest absolute Gasteiger partial charge is 0.397 e. The van der Waals surface area contributed by atoms with Gasteiger partial charge in [-0.3, -0.25) is 0 Å². The number of halogens is 3. The summed E-state index contributed by atoms with van der Waals surface area (Å²) in [6, 6.07) is 61.5. The lowest BCUT2D eigenvalue weighted by molar-refractivity contribution is 0.00578. The van der Waals surface area contributed by atoms with Crippen LogP contribution in [0.2, 0.25) is 0 Å². The summed E-state index contributed by atoms with van der Waals surface area (Å²) in [5, 5.41) is 6.87. The molecule has 3 heterocycles. The third-order valence-electron chi connectivity index (χ3n) is 11.7. The Labute approximate surface area is 398 Å². The molecule has 64 heavy (non-hydrogen) atoms. The lowest BCUT2D eigenvalue weighted by Gasteiger charge is -2.32. The molecule has 8 aromatic carbocycles. The molecule has 2 aromatic heterocycles. The van der Waals surface area contributed by atoms with Crippen molar-refractivity contribution in [2.45, 2.75) is 38.9 Å². The number of fused-ring (bicyclic) bond motifs is 4. The Hall–Kier alpha value is -5.62. The van der Waals surface area contributed by atoms with Gasteiger partial charge >= 0.3 is 7.12 Å². The van der Waals surface area contributed by atoms with Crippen molar-refractivity contribution in [3.63, 3.8) is 0 Å². The Balaban J connectivity index is 0.000000130. The fourth-order valence-electron chi connectivity index (χ4n) is 7.66. The van der Waals surface area contributed by atoms with Crippen LogP contribution in [-0.4, -0.2) is 38.3 Å². The molecule has 0 spiro atoms. The molecule has 10 aromatic rings. The molecule has 0 unspecified atom stereocenters. The van der Waals surface area contributed by atoms with Crippen LogP contribution < -0.4 is 5.72 Å². The molecule has 314 valence electrons. The highest BCUT2D eigenvalue weighted by Crippen LogP contribution is 2.38. The Kier molecular flexibility index (Phi) is 12.6. The summed E-state index contributed by atoms with van der Waals surface area (Å²) in [7, 11) is -0.572. The molecule has 1 aliphatic rings. The molecular weight excluding hydrogens is 987 g/mol. The van der Waals surface area contributed by atoms with Crippen LogP contribution in [-0.2, 0) is 9.31 Å². The average molecular weight is 1030 g/mol. The highest BCUT2D eigenvalue weighted by atomic mass is 79.9. The molecule has 0 radical (unpaired) electrons. The first kappa shape index (κ1) is 43.6. The van der Waals surface area contributed by atoms with E-state index in [9.17, 15) is 0 Å². The minimum atomic E-state index is -0.572. The highest BCUT2D eigenvalue weighted by Gasteiger charge is 2.53. The lowest BCUT2D eigenvalue weighted by atomic mass is 9.88. The van der Waals surface area contributed by atoms with Gasteiger partial charge in [0.1, 0.15) is 0 Å². The zero-order valence-electron chi connectivity index (χ0n) is 35.6. The van der Waals surface area contributed by atoms with Crippen LogP contribution in [0.3, 0.4) is 0 Å². The van der Waals surface area contributed by atoms with Gasteiger partial charge in [-0.15, -0.1) is 0 Å².